The Labute approximate surface area is 182 Å². The van der Waals surface area contributed by atoms with Gasteiger partial charge in [0.15, 0.2) is 0 Å². The number of nitrogens with one attached hydrogen (secondary N) is 1. The van der Waals surface area contributed by atoms with Crippen LogP contribution < -0.4 is 5.32 Å². The van der Waals surface area contributed by atoms with E-state index in [1.165, 1.54) is 11.1 Å². The van der Waals surface area contributed by atoms with Crippen molar-refractivity contribution in [3.05, 3.63) is 59.7 Å². The maximum absolute atomic E-state index is 13.0. The van der Waals surface area contributed by atoms with E-state index in [9.17, 15) is 14.7 Å². The molecule has 3 aliphatic rings. The molecule has 0 radical (unpaired) electrons. The zero-order valence-electron chi connectivity index (χ0n) is 18.1. The highest BCUT2D eigenvalue weighted by Crippen LogP contribution is 2.62. The maximum atomic E-state index is 13.0. The highest BCUT2D eigenvalue weighted by molar-refractivity contribution is 5.79. The fourth-order valence-corrected chi connectivity index (χ4v) is 6.71. The SMILES string of the molecule is CC1(C)C2CCC(C2)C1(CC(=O)O)NC(=O)OCC1c2ccccc2-c2ccccc21. The predicted octanol–water partition coefficient (Wildman–Crippen LogP) is 5.19. The van der Waals surface area contributed by atoms with E-state index in [0.717, 1.165) is 30.4 Å². The van der Waals surface area contributed by atoms with Crippen LogP contribution in [0.2, 0.25) is 0 Å². The van der Waals surface area contributed by atoms with E-state index >= 15 is 0 Å². The van der Waals surface area contributed by atoms with Crippen molar-refractivity contribution in [2.24, 2.45) is 17.3 Å². The van der Waals surface area contributed by atoms with E-state index in [0.29, 0.717) is 5.92 Å². The number of alkyl carbamates (subject to hydrolysis) is 1. The first-order chi connectivity index (χ1) is 14.8. The fraction of sp³-hybridized carbons (Fsp3) is 0.462. The van der Waals surface area contributed by atoms with Gasteiger partial charge in [0.25, 0.3) is 0 Å². The highest BCUT2D eigenvalue weighted by Gasteiger charge is 2.64. The van der Waals surface area contributed by atoms with Gasteiger partial charge in [0.05, 0.1) is 12.0 Å². The fourth-order valence-electron chi connectivity index (χ4n) is 6.71. The number of benzene rings is 2. The molecule has 0 spiro atoms. The highest BCUT2D eigenvalue weighted by atomic mass is 16.5. The second-order valence-corrected chi connectivity index (χ2v) is 9.92. The maximum Gasteiger partial charge on any atom is 0.407 e. The van der Waals surface area contributed by atoms with Crippen LogP contribution in [0.25, 0.3) is 11.1 Å². The van der Waals surface area contributed by atoms with Gasteiger partial charge in [-0.2, -0.15) is 0 Å². The standard InChI is InChI=1S/C26H29NO4/c1-25(2)16-11-12-17(13-16)26(25,14-23(28)29)27-24(30)31-15-22-20-9-5-3-7-18(20)19-8-4-6-10-21(19)22/h3-10,16-17,22H,11-15H2,1-2H3,(H,27,30)(H,28,29). The van der Waals surface area contributed by atoms with Gasteiger partial charge in [-0.1, -0.05) is 62.4 Å². The van der Waals surface area contributed by atoms with Crippen molar-refractivity contribution >= 4 is 12.1 Å². The summed E-state index contributed by atoms with van der Waals surface area (Å²) in [7, 11) is 0. The topological polar surface area (TPSA) is 75.6 Å². The van der Waals surface area contributed by atoms with Crippen molar-refractivity contribution in [3.8, 4) is 11.1 Å². The molecule has 3 atom stereocenters. The van der Waals surface area contributed by atoms with E-state index in [-0.39, 0.29) is 30.3 Å². The number of hydrogen-bond acceptors (Lipinski definition) is 3. The molecule has 5 rings (SSSR count). The van der Waals surface area contributed by atoms with Gasteiger partial charge in [-0.15, -0.1) is 0 Å². The van der Waals surface area contributed by atoms with Crippen LogP contribution in [0.15, 0.2) is 48.5 Å². The molecule has 2 bridgehead atoms. The number of ether oxygens (including phenoxy) is 1. The molecule has 0 aromatic heterocycles. The molecule has 2 saturated carbocycles. The molecule has 5 nitrogen and oxygen atoms in total. The van der Waals surface area contributed by atoms with Gasteiger partial charge in [0.1, 0.15) is 6.61 Å². The van der Waals surface area contributed by atoms with Crippen LogP contribution in [0.3, 0.4) is 0 Å². The van der Waals surface area contributed by atoms with E-state index in [2.05, 4.69) is 43.4 Å². The van der Waals surface area contributed by atoms with Crippen LogP contribution in [-0.4, -0.2) is 29.3 Å². The van der Waals surface area contributed by atoms with Crippen LogP contribution >= 0.6 is 0 Å². The first-order valence-electron chi connectivity index (χ1n) is 11.2. The van der Waals surface area contributed by atoms with Crippen LogP contribution in [0.1, 0.15) is 56.6 Å². The Kier molecular flexibility index (Phi) is 4.61. The van der Waals surface area contributed by atoms with E-state index in [1.54, 1.807) is 0 Å². The smallest absolute Gasteiger partial charge is 0.407 e. The molecule has 3 unspecified atom stereocenters. The molecule has 0 saturated heterocycles. The lowest BCUT2D eigenvalue weighted by atomic mass is 9.61. The van der Waals surface area contributed by atoms with Gasteiger partial charge >= 0.3 is 12.1 Å². The minimum atomic E-state index is -0.875. The average Bonchev–Trinajstić information content (AvgIpc) is 3.39. The molecule has 31 heavy (non-hydrogen) atoms. The molecular formula is C26H29NO4. The van der Waals surface area contributed by atoms with E-state index in [4.69, 9.17) is 4.74 Å². The van der Waals surface area contributed by atoms with Gasteiger partial charge in [-0.3, -0.25) is 4.79 Å². The number of amides is 1. The van der Waals surface area contributed by atoms with Gasteiger partial charge < -0.3 is 15.2 Å². The summed E-state index contributed by atoms with van der Waals surface area (Å²) in [4.78, 5) is 24.8. The molecule has 2 fully saturated rings. The molecule has 2 aromatic rings. The molecule has 3 aliphatic carbocycles. The second-order valence-electron chi connectivity index (χ2n) is 9.92. The van der Waals surface area contributed by atoms with Crippen molar-refractivity contribution < 1.29 is 19.4 Å². The summed E-state index contributed by atoms with van der Waals surface area (Å²) in [5.74, 6) is -0.268. The van der Waals surface area contributed by atoms with E-state index < -0.39 is 17.6 Å². The Morgan fingerprint density at radius 1 is 1.00 bits per heavy atom. The third-order valence-corrected chi connectivity index (χ3v) is 8.40. The van der Waals surface area contributed by atoms with Gasteiger partial charge in [0.2, 0.25) is 0 Å². The summed E-state index contributed by atoms with van der Waals surface area (Å²) >= 11 is 0. The first-order valence-corrected chi connectivity index (χ1v) is 11.2. The van der Waals surface area contributed by atoms with Gasteiger partial charge in [-0.25, -0.2) is 4.79 Å². The van der Waals surface area contributed by atoms with Crippen LogP contribution in [0.5, 0.6) is 0 Å². The number of carboxylic acid groups (broad SMARTS) is 1. The van der Waals surface area contributed by atoms with Crippen molar-refractivity contribution in [2.45, 2.75) is 51.0 Å². The van der Waals surface area contributed by atoms with E-state index in [1.807, 2.05) is 24.3 Å². The van der Waals surface area contributed by atoms with Crippen LogP contribution in [0.4, 0.5) is 4.79 Å². The number of carbonyl (C=O) groups is 2. The number of aliphatic carboxylic acids is 1. The summed E-state index contributed by atoms with van der Waals surface area (Å²) in [6.07, 6.45) is 2.47. The largest absolute Gasteiger partial charge is 0.481 e. The van der Waals surface area contributed by atoms with Crippen molar-refractivity contribution in [2.75, 3.05) is 6.61 Å². The Bertz CT molecular complexity index is 1000. The number of carboxylic acids is 1. The molecule has 2 aromatic carbocycles. The Hall–Kier alpha value is -2.82. The first kappa shape index (κ1) is 20.1. The normalized spacial score (nSPS) is 27.5. The Morgan fingerprint density at radius 2 is 1.58 bits per heavy atom. The lowest BCUT2D eigenvalue weighted by molar-refractivity contribution is -0.141. The zero-order valence-corrected chi connectivity index (χ0v) is 18.1. The molecule has 162 valence electrons. The molecule has 5 heteroatoms. The average molecular weight is 420 g/mol. The van der Waals surface area contributed by atoms with Crippen molar-refractivity contribution in [1.29, 1.82) is 0 Å². The lowest BCUT2D eigenvalue weighted by Gasteiger charge is -2.49. The summed E-state index contributed by atoms with van der Waals surface area (Å²) < 4.78 is 5.77. The summed E-state index contributed by atoms with van der Waals surface area (Å²) in [5, 5.41) is 12.7. The number of rotatable bonds is 5. The number of hydrogen-bond donors (Lipinski definition) is 2. The van der Waals surface area contributed by atoms with Crippen LogP contribution in [-0.2, 0) is 9.53 Å². The molecule has 0 heterocycles. The minimum absolute atomic E-state index is 0.0124. The van der Waals surface area contributed by atoms with Crippen molar-refractivity contribution in [1.82, 2.24) is 5.32 Å². The molecule has 1 amide bonds. The third-order valence-electron chi connectivity index (χ3n) is 8.40. The van der Waals surface area contributed by atoms with Gasteiger partial charge in [0, 0.05) is 5.92 Å². The van der Waals surface area contributed by atoms with Gasteiger partial charge in [-0.05, 0) is 58.8 Å². The summed E-state index contributed by atoms with van der Waals surface area (Å²) in [6.45, 7) is 4.44. The third kappa shape index (κ3) is 2.97. The second kappa shape index (κ2) is 7.11. The van der Waals surface area contributed by atoms with Crippen LogP contribution in [0, 0.1) is 17.3 Å². The summed E-state index contributed by atoms with van der Waals surface area (Å²) in [5.41, 5.74) is 3.66. The molecular weight excluding hydrogens is 390 g/mol. The Morgan fingerprint density at radius 3 is 2.13 bits per heavy atom. The Balaban J connectivity index is 1.36. The number of carbonyl (C=O) groups excluding carboxylic acids is 1. The number of fused-ring (bicyclic) bond motifs is 5. The monoisotopic (exact) mass is 419 g/mol. The van der Waals surface area contributed by atoms with Crippen molar-refractivity contribution in [3.63, 3.8) is 0 Å². The predicted molar refractivity (Wildman–Crippen MR) is 118 cm³/mol. The minimum Gasteiger partial charge on any atom is -0.481 e. The molecule has 2 N–H and O–H groups in total. The zero-order chi connectivity index (χ0) is 21.8. The lowest BCUT2D eigenvalue weighted by Crippen LogP contribution is -2.62. The molecule has 0 aliphatic heterocycles. The summed E-state index contributed by atoms with van der Waals surface area (Å²) in [6, 6.07) is 16.5. The quantitative estimate of drug-likeness (QED) is 0.699.